The van der Waals surface area contributed by atoms with Gasteiger partial charge < -0.3 is 0 Å². The van der Waals surface area contributed by atoms with Crippen LogP contribution in [0.3, 0.4) is 0 Å². The number of nitrogens with zero attached hydrogens (tertiary/aromatic N) is 3. The standard InChI is InChI=1S/C11H9N3S/c1-7-6-8-4-2-3-5-9(8)14-10(7)12-13-11(14)15/h2-6H,1H3,(H,13,15). The highest BCUT2D eigenvalue weighted by Gasteiger charge is 2.08. The molecule has 0 saturated heterocycles. The lowest BCUT2D eigenvalue weighted by Crippen LogP contribution is -1.91. The lowest BCUT2D eigenvalue weighted by Gasteiger charge is -2.04. The summed E-state index contributed by atoms with van der Waals surface area (Å²) < 4.78 is 1.97. The number of hydrogen-bond acceptors (Lipinski definition) is 3. The van der Waals surface area contributed by atoms with Crippen molar-refractivity contribution in [2.75, 3.05) is 0 Å². The Hall–Kier alpha value is -1.55. The fourth-order valence-corrected chi connectivity index (χ4v) is 2.11. The van der Waals surface area contributed by atoms with Crippen molar-refractivity contribution in [2.45, 2.75) is 12.1 Å². The smallest absolute Gasteiger partial charge is 0.193 e. The second-order valence-electron chi connectivity index (χ2n) is 3.55. The summed E-state index contributed by atoms with van der Waals surface area (Å²) in [6, 6.07) is 10.3. The van der Waals surface area contributed by atoms with E-state index >= 15 is 0 Å². The molecule has 3 rings (SSSR count). The normalized spacial score (nSPS) is 11.3. The maximum atomic E-state index is 4.31. The number of hydrogen-bond donors (Lipinski definition) is 1. The van der Waals surface area contributed by atoms with Crippen LogP contribution in [-0.2, 0) is 0 Å². The molecule has 2 heterocycles. The summed E-state index contributed by atoms with van der Waals surface area (Å²) in [6.07, 6.45) is 0. The van der Waals surface area contributed by atoms with Gasteiger partial charge in [-0.1, -0.05) is 18.2 Å². The first-order valence-electron chi connectivity index (χ1n) is 4.70. The molecule has 0 aliphatic heterocycles. The van der Waals surface area contributed by atoms with Gasteiger partial charge in [0, 0.05) is 0 Å². The molecule has 0 aliphatic rings. The van der Waals surface area contributed by atoms with E-state index in [0.29, 0.717) is 5.16 Å². The van der Waals surface area contributed by atoms with Crippen LogP contribution in [-0.4, -0.2) is 14.6 Å². The Bertz CT molecular complexity index is 657. The SMILES string of the molecule is Cc1cc2ccccc2n2c(S)nnc12. The van der Waals surface area contributed by atoms with Gasteiger partial charge in [-0.15, -0.1) is 22.8 Å². The molecule has 0 N–H and O–H groups in total. The van der Waals surface area contributed by atoms with Crippen molar-refractivity contribution in [3.8, 4) is 0 Å². The zero-order valence-corrected chi connectivity index (χ0v) is 9.07. The summed E-state index contributed by atoms with van der Waals surface area (Å²) in [5.74, 6) is 0. The Morgan fingerprint density at radius 1 is 1.20 bits per heavy atom. The Morgan fingerprint density at radius 2 is 2.00 bits per heavy atom. The van der Waals surface area contributed by atoms with E-state index in [-0.39, 0.29) is 0 Å². The van der Waals surface area contributed by atoms with Crippen molar-refractivity contribution in [3.63, 3.8) is 0 Å². The van der Waals surface area contributed by atoms with Gasteiger partial charge in [-0.3, -0.25) is 4.40 Å². The van der Waals surface area contributed by atoms with Crippen molar-refractivity contribution < 1.29 is 0 Å². The van der Waals surface area contributed by atoms with Gasteiger partial charge in [-0.25, -0.2) is 0 Å². The van der Waals surface area contributed by atoms with Crippen LogP contribution in [0.4, 0.5) is 0 Å². The molecule has 3 aromatic rings. The van der Waals surface area contributed by atoms with Crippen molar-refractivity contribution in [1.82, 2.24) is 14.6 Å². The second kappa shape index (κ2) is 2.97. The minimum Gasteiger partial charge on any atom is -0.270 e. The summed E-state index contributed by atoms with van der Waals surface area (Å²) in [4.78, 5) is 0. The maximum Gasteiger partial charge on any atom is 0.193 e. The van der Waals surface area contributed by atoms with Crippen LogP contribution < -0.4 is 0 Å². The Kier molecular flexibility index (Phi) is 1.73. The Morgan fingerprint density at radius 3 is 2.87 bits per heavy atom. The van der Waals surface area contributed by atoms with E-state index in [4.69, 9.17) is 0 Å². The molecule has 0 atom stereocenters. The molecule has 2 aromatic heterocycles. The van der Waals surface area contributed by atoms with Gasteiger partial charge in [0.15, 0.2) is 10.8 Å². The molecule has 74 valence electrons. The topological polar surface area (TPSA) is 30.2 Å². The predicted octanol–water partition coefficient (Wildman–Crippen LogP) is 2.48. The van der Waals surface area contributed by atoms with Gasteiger partial charge in [0.05, 0.1) is 5.52 Å². The van der Waals surface area contributed by atoms with E-state index in [1.165, 1.54) is 5.39 Å². The van der Waals surface area contributed by atoms with E-state index in [0.717, 1.165) is 16.7 Å². The third-order valence-electron chi connectivity index (χ3n) is 2.55. The van der Waals surface area contributed by atoms with Crippen molar-refractivity contribution in [2.24, 2.45) is 0 Å². The van der Waals surface area contributed by atoms with E-state index < -0.39 is 0 Å². The lowest BCUT2D eigenvalue weighted by atomic mass is 10.1. The summed E-state index contributed by atoms with van der Waals surface area (Å²) in [6.45, 7) is 2.03. The van der Waals surface area contributed by atoms with Crippen LogP contribution in [0.25, 0.3) is 16.6 Å². The van der Waals surface area contributed by atoms with Gasteiger partial charge in [0.1, 0.15) is 0 Å². The summed E-state index contributed by atoms with van der Waals surface area (Å²) in [5, 5.41) is 9.90. The molecule has 0 unspecified atom stereocenters. The van der Waals surface area contributed by atoms with Crippen LogP contribution in [0.2, 0.25) is 0 Å². The number of benzene rings is 1. The molecule has 0 bridgehead atoms. The molecule has 0 amide bonds. The zero-order valence-electron chi connectivity index (χ0n) is 8.18. The highest BCUT2D eigenvalue weighted by Crippen LogP contribution is 2.21. The first-order valence-corrected chi connectivity index (χ1v) is 5.14. The monoisotopic (exact) mass is 215 g/mol. The number of para-hydroxylation sites is 1. The fourth-order valence-electron chi connectivity index (χ4n) is 1.86. The molecule has 0 radical (unpaired) electrons. The lowest BCUT2D eigenvalue weighted by molar-refractivity contribution is 0.947. The molecule has 0 fully saturated rings. The van der Waals surface area contributed by atoms with Gasteiger partial charge >= 0.3 is 0 Å². The number of aromatic nitrogens is 3. The Labute approximate surface area is 92.2 Å². The van der Waals surface area contributed by atoms with Gasteiger partial charge in [-0.2, -0.15) is 0 Å². The largest absolute Gasteiger partial charge is 0.270 e. The summed E-state index contributed by atoms with van der Waals surface area (Å²) >= 11 is 4.31. The summed E-state index contributed by atoms with van der Waals surface area (Å²) in [5.41, 5.74) is 3.08. The van der Waals surface area contributed by atoms with Crippen molar-refractivity contribution in [3.05, 3.63) is 35.9 Å². The van der Waals surface area contributed by atoms with Crippen LogP contribution in [0.1, 0.15) is 5.56 Å². The first-order chi connectivity index (χ1) is 7.27. The molecule has 4 heteroatoms. The highest BCUT2D eigenvalue weighted by molar-refractivity contribution is 7.80. The minimum atomic E-state index is 0.630. The molecule has 15 heavy (non-hydrogen) atoms. The van der Waals surface area contributed by atoms with Crippen molar-refractivity contribution >= 4 is 29.2 Å². The van der Waals surface area contributed by atoms with E-state index in [1.807, 2.05) is 29.5 Å². The van der Waals surface area contributed by atoms with Gasteiger partial charge in [-0.05, 0) is 30.0 Å². The molecular formula is C11H9N3S. The quantitative estimate of drug-likeness (QED) is 0.584. The third-order valence-corrected chi connectivity index (χ3v) is 2.84. The third kappa shape index (κ3) is 1.15. The second-order valence-corrected chi connectivity index (χ2v) is 3.95. The van der Waals surface area contributed by atoms with Crippen LogP contribution in [0, 0.1) is 6.92 Å². The molecule has 1 aromatic carbocycles. The highest BCUT2D eigenvalue weighted by atomic mass is 32.1. The molecule has 0 aliphatic carbocycles. The van der Waals surface area contributed by atoms with E-state index in [2.05, 4.69) is 35.0 Å². The average Bonchev–Trinajstić information content (AvgIpc) is 2.62. The number of aryl methyl sites for hydroxylation is 1. The molecule has 0 spiro atoms. The van der Waals surface area contributed by atoms with Crippen LogP contribution >= 0.6 is 12.6 Å². The molecular weight excluding hydrogens is 206 g/mol. The minimum absolute atomic E-state index is 0.630. The van der Waals surface area contributed by atoms with Gasteiger partial charge in [0.25, 0.3) is 0 Å². The average molecular weight is 215 g/mol. The van der Waals surface area contributed by atoms with Gasteiger partial charge in [0.2, 0.25) is 0 Å². The predicted molar refractivity (Wildman–Crippen MR) is 62.5 cm³/mol. The van der Waals surface area contributed by atoms with Crippen LogP contribution in [0.5, 0.6) is 0 Å². The maximum absolute atomic E-state index is 4.31. The summed E-state index contributed by atoms with van der Waals surface area (Å²) in [7, 11) is 0. The van der Waals surface area contributed by atoms with Crippen molar-refractivity contribution in [1.29, 1.82) is 0 Å². The first kappa shape index (κ1) is 8.73. The number of pyridine rings is 1. The fraction of sp³-hybridized carbons (Fsp3) is 0.0909. The number of rotatable bonds is 0. The Balaban J connectivity index is 2.67. The number of fused-ring (bicyclic) bond motifs is 3. The van der Waals surface area contributed by atoms with Crippen LogP contribution in [0.15, 0.2) is 35.5 Å². The molecule has 0 saturated carbocycles. The molecule has 3 nitrogen and oxygen atoms in total. The van der Waals surface area contributed by atoms with E-state index in [1.54, 1.807) is 0 Å². The zero-order chi connectivity index (χ0) is 10.4. The van der Waals surface area contributed by atoms with E-state index in [9.17, 15) is 0 Å². The number of thiol groups is 1.